The van der Waals surface area contributed by atoms with Gasteiger partial charge in [-0.25, -0.2) is 0 Å². The molecule has 1 aliphatic heterocycles. The van der Waals surface area contributed by atoms with E-state index in [0.29, 0.717) is 12.6 Å². The molecular formula is C20H30N2O. The monoisotopic (exact) mass is 314 g/mol. The third kappa shape index (κ3) is 4.66. The molecule has 1 aromatic carbocycles. The van der Waals surface area contributed by atoms with Crippen molar-refractivity contribution in [3.63, 3.8) is 0 Å². The van der Waals surface area contributed by atoms with Gasteiger partial charge in [-0.2, -0.15) is 0 Å². The van der Waals surface area contributed by atoms with Crippen LogP contribution in [-0.2, 0) is 0 Å². The zero-order chi connectivity index (χ0) is 15.9. The summed E-state index contributed by atoms with van der Waals surface area (Å²) in [5.41, 5.74) is 1.27. The molecule has 23 heavy (non-hydrogen) atoms. The Kier molecular flexibility index (Phi) is 6.26. The van der Waals surface area contributed by atoms with Gasteiger partial charge >= 0.3 is 0 Å². The van der Waals surface area contributed by atoms with Crippen LogP contribution in [0, 0.1) is 0 Å². The molecular weight excluding hydrogens is 284 g/mol. The van der Waals surface area contributed by atoms with E-state index in [1.807, 2.05) is 0 Å². The van der Waals surface area contributed by atoms with Gasteiger partial charge in [0, 0.05) is 44.9 Å². The molecule has 3 nitrogen and oxygen atoms in total. The lowest BCUT2D eigenvalue weighted by molar-refractivity contribution is 0.0347. The van der Waals surface area contributed by atoms with Gasteiger partial charge in [-0.3, -0.25) is 9.80 Å². The zero-order valence-electron chi connectivity index (χ0n) is 14.1. The standard InChI is InChI=1S/C20H30N2O/c23-16-12-20-17-21(13-6-9-18-7-2-1-3-8-18)14-15-22(20)19-10-4-5-11-19/h1-3,6-9,19-20,23H,4-5,10-17H2/b9-6+/t20-/m1/s1. The fraction of sp³-hybridized carbons (Fsp3) is 0.600. The van der Waals surface area contributed by atoms with Crippen molar-refractivity contribution >= 4 is 6.08 Å². The lowest BCUT2D eigenvalue weighted by Crippen LogP contribution is -2.56. The number of benzene rings is 1. The van der Waals surface area contributed by atoms with E-state index >= 15 is 0 Å². The second-order valence-corrected chi connectivity index (χ2v) is 6.91. The lowest BCUT2D eigenvalue weighted by atomic mass is 10.0. The summed E-state index contributed by atoms with van der Waals surface area (Å²) >= 11 is 0. The normalized spacial score (nSPS) is 24.7. The molecule has 3 heteroatoms. The first-order chi connectivity index (χ1) is 11.4. The average molecular weight is 314 g/mol. The Balaban J connectivity index is 1.53. The minimum Gasteiger partial charge on any atom is -0.396 e. The molecule has 0 unspecified atom stereocenters. The van der Waals surface area contributed by atoms with E-state index in [9.17, 15) is 5.11 Å². The van der Waals surface area contributed by atoms with Gasteiger partial charge in [-0.05, 0) is 24.8 Å². The summed E-state index contributed by atoms with van der Waals surface area (Å²) < 4.78 is 0. The summed E-state index contributed by atoms with van der Waals surface area (Å²) in [4.78, 5) is 5.23. The van der Waals surface area contributed by atoms with E-state index in [4.69, 9.17) is 0 Å². The fourth-order valence-corrected chi connectivity index (χ4v) is 4.12. The van der Waals surface area contributed by atoms with Crippen LogP contribution < -0.4 is 0 Å². The van der Waals surface area contributed by atoms with Crippen LogP contribution in [0.2, 0.25) is 0 Å². The highest BCUT2D eigenvalue weighted by molar-refractivity contribution is 5.48. The minimum atomic E-state index is 0.307. The molecule has 0 radical (unpaired) electrons. The zero-order valence-corrected chi connectivity index (χ0v) is 14.1. The highest BCUT2D eigenvalue weighted by atomic mass is 16.3. The predicted octanol–water partition coefficient (Wildman–Crippen LogP) is 3.01. The van der Waals surface area contributed by atoms with E-state index in [1.54, 1.807) is 0 Å². The first kappa shape index (κ1) is 16.7. The summed E-state index contributed by atoms with van der Waals surface area (Å²) in [5.74, 6) is 0. The Labute approximate surface area is 140 Å². The molecule has 1 aromatic rings. The van der Waals surface area contributed by atoms with E-state index < -0.39 is 0 Å². The predicted molar refractivity (Wildman–Crippen MR) is 96.4 cm³/mol. The molecule has 126 valence electrons. The van der Waals surface area contributed by atoms with Gasteiger partial charge in [0.15, 0.2) is 0 Å². The van der Waals surface area contributed by atoms with Crippen LogP contribution in [0.25, 0.3) is 6.08 Å². The van der Waals surface area contributed by atoms with Gasteiger partial charge in [-0.15, -0.1) is 0 Å². The molecule has 3 rings (SSSR count). The van der Waals surface area contributed by atoms with Crippen LogP contribution in [0.5, 0.6) is 0 Å². The number of hydrogen-bond acceptors (Lipinski definition) is 3. The molecule has 1 saturated heterocycles. The number of hydrogen-bond donors (Lipinski definition) is 1. The average Bonchev–Trinajstić information content (AvgIpc) is 3.11. The van der Waals surface area contributed by atoms with E-state index in [-0.39, 0.29) is 0 Å². The molecule has 1 N–H and O–H groups in total. The van der Waals surface area contributed by atoms with Crippen molar-refractivity contribution in [2.24, 2.45) is 0 Å². The fourth-order valence-electron chi connectivity index (χ4n) is 4.12. The number of nitrogens with zero attached hydrogens (tertiary/aromatic N) is 2. The Morgan fingerprint density at radius 1 is 1.09 bits per heavy atom. The first-order valence-electron chi connectivity index (χ1n) is 9.17. The summed E-state index contributed by atoms with van der Waals surface area (Å²) in [6.45, 7) is 4.72. The molecule has 1 aliphatic carbocycles. The van der Waals surface area contributed by atoms with Crippen LogP contribution >= 0.6 is 0 Å². The lowest BCUT2D eigenvalue weighted by Gasteiger charge is -2.44. The molecule has 1 heterocycles. The molecule has 2 fully saturated rings. The topological polar surface area (TPSA) is 26.7 Å². The van der Waals surface area contributed by atoms with Gasteiger partial charge in [-0.1, -0.05) is 55.3 Å². The minimum absolute atomic E-state index is 0.307. The Morgan fingerprint density at radius 3 is 2.61 bits per heavy atom. The number of piperazine rings is 1. The van der Waals surface area contributed by atoms with Gasteiger partial charge in [0.05, 0.1) is 0 Å². The van der Waals surface area contributed by atoms with Crippen molar-refractivity contribution in [3.05, 3.63) is 42.0 Å². The van der Waals surface area contributed by atoms with Crippen LogP contribution in [0.3, 0.4) is 0 Å². The summed E-state index contributed by atoms with van der Waals surface area (Å²) in [6, 6.07) is 11.8. The molecule has 1 atom stereocenters. The molecule has 0 spiro atoms. The third-order valence-corrected chi connectivity index (χ3v) is 5.34. The summed E-state index contributed by atoms with van der Waals surface area (Å²) in [5, 5.41) is 9.43. The maximum absolute atomic E-state index is 9.43. The van der Waals surface area contributed by atoms with Crippen molar-refractivity contribution in [2.45, 2.75) is 44.2 Å². The molecule has 2 aliphatic rings. The second kappa shape index (κ2) is 8.62. The molecule has 0 aromatic heterocycles. The Hall–Kier alpha value is -1.16. The van der Waals surface area contributed by atoms with Crippen molar-refractivity contribution < 1.29 is 5.11 Å². The highest BCUT2D eigenvalue weighted by Gasteiger charge is 2.32. The maximum Gasteiger partial charge on any atom is 0.0446 e. The van der Waals surface area contributed by atoms with E-state index in [1.165, 1.54) is 31.2 Å². The van der Waals surface area contributed by atoms with Gasteiger partial charge in [0.1, 0.15) is 0 Å². The van der Waals surface area contributed by atoms with Gasteiger partial charge < -0.3 is 5.11 Å². The second-order valence-electron chi connectivity index (χ2n) is 6.91. The SMILES string of the molecule is OCC[C@@H]1CN(C/C=C/c2ccccc2)CCN1C1CCCC1. The quantitative estimate of drug-likeness (QED) is 0.874. The maximum atomic E-state index is 9.43. The van der Waals surface area contributed by atoms with Gasteiger partial charge in [0.2, 0.25) is 0 Å². The van der Waals surface area contributed by atoms with E-state index in [2.05, 4.69) is 52.3 Å². The molecule has 0 amide bonds. The van der Waals surface area contributed by atoms with Crippen molar-refractivity contribution in [1.29, 1.82) is 0 Å². The van der Waals surface area contributed by atoms with Crippen molar-refractivity contribution in [3.8, 4) is 0 Å². The number of aliphatic hydroxyl groups is 1. The Morgan fingerprint density at radius 2 is 1.87 bits per heavy atom. The number of rotatable bonds is 6. The molecule has 0 bridgehead atoms. The van der Waals surface area contributed by atoms with Gasteiger partial charge in [0.25, 0.3) is 0 Å². The smallest absolute Gasteiger partial charge is 0.0446 e. The largest absolute Gasteiger partial charge is 0.396 e. The van der Waals surface area contributed by atoms with Crippen LogP contribution in [0.15, 0.2) is 36.4 Å². The first-order valence-corrected chi connectivity index (χ1v) is 9.17. The van der Waals surface area contributed by atoms with Crippen molar-refractivity contribution in [2.75, 3.05) is 32.8 Å². The Bertz CT molecular complexity index is 482. The van der Waals surface area contributed by atoms with E-state index in [0.717, 1.165) is 38.6 Å². The van der Waals surface area contributed by atoms with Crippen LogP contribution in [0.1, 0.15) is 37.7 Å². The van der Waals surface area contributed by atoms with Crippen molar-refractivity contribution in [1.82, 2.24) is 9.80 Å². The summed E-state index contributed by atoms with van der Waals surface area (Å²) in [6.07, 6.45) is 10.9. The third-order valence-electron chi connectivity index (χ3n) is 5.34. The van der Waals surface area contributed by atoms with Crippen LogP contribution in [-0.4, -0.2) is 59.8 Å². The number of aliphatic hydroxyl groups excluding tert-OH is 1. The summed E-state index contributed by atoms with van der Waals surface area (Å²) in [7, 11) is 0. The van der Waals surface area contributed by atoms with Crippen LogP contribution in [0.4, 0.5) is 0 Å². The highest BCUT2D eigenvalue weighted by Crippen LogP contribution is 2.27. The molecule has 1 saturated carbocycles.